The zero-order chi connectivity index (χ0) is 22.6. The number of sulfonamides is 1. The molecule has 0 unspecified atom stereocenters. The number of thiocarbonyl (C=S) groups is 1. The van der Waals surface area contributed by atoms with Gasteiger partial charge in [-0.2, -0.15) is 4.31 Å². The topological polar surface area (TPSA) is 77.2 Å². The highest BCUT2D eigenvalue weighted by Crippen LogP contribution is 2.31. The van der Waals surface area contributed by atoms with E-state index in [0.29, 0.717) is 29.6 Å². The van der Waals surface area contributed by atoms with Crippen LogP contribution in [-0.2, 0) is 14.8 Å². The van der Waals surface area contributed by atoms with Gasteiger partial charge in [-0.25, -0.2) is 8.42 Å². The summed E-state index contributed by atoms with van der Waals surface area (Å²) in [5.41, 5.74) is 1.72. The fraction of sp³-hybridized carbons (Fsp3) is 0.682. The zero-order valence-electron chi connectivity index (χ0n) is 18.9. The van der Waals surface area contributed by atoms with E-state index in [1.165, 1.54) is 0 Å². The van der Waals surface area contributed by atoms with Crippen molar-refractivity contribution in [3.8, 4) is 0 Å². The summed E-state index contributed by atoms with van der Waals surface area (Å²) in [4.78, 5) is 4.91. The number of piperazine rings is 1. The fourth-order valence-corrected chi connectivity index (χ4v) is 6.27. The largest absolute Gasteiger partial charge is 0.376 e. The molecule has 0 amide bonds. The number of benzene rings is 1. The van der Waals surface area contributed by atoms with Gasteiger partial charge < -0.3 is 25.2 Å². The van der Waals surface area contributed by atoms with Gasteiger partial charge in [0.2, 0.25) is 10.0 Å². The highest BCUT2D eigenvalue weighted by atomic mass is 32.2. The van der Waals surface area contributed by atoms with E-state index in [1.54, 1.807) is 16.4 Å². The molecule has 3 heterocycles. The lowest BCUT2D eigenvalue weighted by molar-refractivity contribution is 0.114. The van der Waals surface area contributed by atoms with Crippen LogP contribution in [0.2, 0.25) is 0 Å². The Morgan fingerprint density at radius 2 is 1.84 bits per heavy atom. The van der Waals surface area contributed by atoms with Gasteiger partial charge in [-0.15, -0.1) is 0 Å². The molecule has 3 saturated heterocycles. The molecule has 0 radical (unpaired) electrons. The summed E-state index contributed by atoms with van der Waals surface area (Å²) in [5.74, 6) is 0. The molecule has 10 heteroatoms. The molecule has 2 N–H and O–H groups in total. The van der Waals surface area contributed by atoms with Crippen LogP contribution >= 0.6 is 12.2 Å². The maximum Gasteiger partial charge on any atom is 0.243 e. The first-order valence-corrected chi connectivity index (χ1v) is 13.5. The number of piperidine rings is 1. The summed E-state index contributed by atoms with van der Waals surface area (Å²) >= 11 is 5.55. The van der Waals surface area contributed by atoms with Crippen molar-refractivity contribution in [2.75, 3.05) is 69.7 Å². The predicted molar refractivity (Wildman–Crippen MR) is 132 cm³/mol. The van der Waals surface area contributed by atoms with Crippen LogP contribution < -0.4 is 15.5 Å². The predicted octanol–water partition coefficient (Wildman–Crippen LogP) is 2.08. The Bertz CT molecular complexity index is 891. The third-order valence-electron chi connectivity index (χ3n) is 6.53. The molecule has 3 aliphatic heterocycles. The van der Waals surface area contributed by atoms with E-state index in [2.05, 4.69) is 27.5 Å². The minimum absolute atomic E-state index is 0.178. The minimum Gasteiger partial charge on any atom is -0.376 e. The summed E-state index contributed by atoms with van der Waals surface area (Å²) < 4.78 is 33.8. The Morgan fingerprint density at radius 1 is 1.09 bits per heavy atom. The standard InChI is InChI=1S/C22H35N5O3S2/c1-25-11-13-26(14-12-25)21-8-7-19(32(28,29)27-9-3-2-4-10-27)16-20(21)24-22(31)23-17-18-6-5-15-30-18/h7-8,16,18H,2-6,9-15,17H2,1H3,(H2,23,24,31)/t18-/m0/s1. The normalized spacial score (nSPS) is 23.3. The van der Waals surface area contributed by atoms with E-state index >= 15 is 0 Å². The summed E-state index contributed by atoms with van der Waals surface area (Å²) in [5, 5.41) is 7.01. The summed E-state index contributed by atoms with van der Waals surface area (Å²) in [7, 11) is -1.40. The molecule has 0 aliphatic carbocycles. The molecule has 3 fully saturated rings. The summed E-state index contributed by atoms with van der Waals surface area (Å²) in [6.07, 6.45) is 5.22. The lowest BCUT2D eigenvalue weighted by Crippen LogP contribution is -2.45. The van der Waals surface area contributed by atoms with Gasteiger partial charge in [-0.05, 0) is 63.1 Å². The Labute approximate surface area is 197 Å². The lowest BCUT2D eigenvalue weighted by atomic mass is 10.2. The highest BCUT2D eigenvalue weighted by molar-refractivity contribution is 7.89. The zero-order valence-corrected chi connectivity index (χ0v) is 20.5. The second-order valence-corrected chi connectivity index (χ2v) is 11.3. The van der Waals surface area contributed by atoms with E-state index in [9.17, 15) is 8.42 Å². The molecule has 0 bridgehead atoms. The van der Waals surface area contributed by atoms with E-state index in [1.807, 2.05) is 6.07 Å². The Hall–Kier alpha value is -1.46. The minimum atomic E-state index is -3.52. The maximum atomic E-state index is 13.3. The van der Waals surface area contributed by atoms with Crippen molar-refractivity contribution in [1.82, 2.24) is 14.5 Å². The van der Waals surface area contributed by atoms with Crippen LogP contribution in [0.1, 0.15) is 32.1 Å². The molecule has 3 aliphatic rings. The molecule has 1 atom stereocenters. The average Bonchev–Trinajstić information content (AvgIpc) is 3.33. The van der Waals surface area contributed by atoms with Crippen LogP contribution in [0.25, 0.3) is 0 Å². The van der Waals surface area contributed by atoms with Crippen LogP contribution in [0.15, 0.2) is 23.1 Å². The molecule has 8 nitrogen and oxygen atoms in total. The van der Waals surface area contributed by atoms with Gasteiger partial charge >= 0.3 is 0 Å². The quantitative estimate of drug-likeness (QED) is 0.598. The number of anilines is 2. The van der Waals surface area contributed by atoms with Crippen LogP contribution in [0.4, 0.5) is 11.4 Å². The third-order valence-corrected chi connectivity index (χ3v) is 8.67. The van der Waals surface area contributed by atoms with Crippen molar-refractivity contribution >= 4 is 38.7 Å². The van der Waals surface area contributed by atoms with E-state index in [0.717, 1.165) is 76.3 Å². The van der Waals surface area contributed by atoms with E-state index < -0.39 is 10.0 Å². The molecular formula is C22H35N5O3S2. The van der Waals surface area contributed by atoms with Gasteiger partial charge in [0.05, 0.1) is 22.4 Å². The maximum absolute atomic E-state index is 13.3. The Balaban J connectivity index is 1.54. The molecule has 0 aromatic heterocycles. The number of likely N-dealkylation sites (N-methyl/N-ethyl adjacent to an activating group) is 1. The third kappa shape index (κ3) is 5.72. The number of nitrogens with zero attached hydrogens (tertiary/aromatic N) is 3. The van der Waals surface area contributed by atoms with Gasteiger partial charge in [0.25, 0.3) is 0 Å². The van der Waals surface area contributed by atoms with Gasteiger partial charge in [0, 0.05) is 52.4 Å². The van der Waals surface area contributed by atoms with Crippen LogP contribution in [0.5, 0.6) is 0 Å². The number of hydrogen-bond acceptors (Lipinski definition) is 6. The van der Waals surface area contributed by atoms with Gasteiger partial charge in [0.1, 0.15) is 0 Å². The Kier molecular flexibility index (Phi) is 7.88. The average molecular weight is 482 g/mol. The second kappa shape index (κ2) is 10.6. The lowest BCUT2D eigenvalue weighted by Gasteiger charge is -2.35. The molecule has 1 aromatic rings. The Morgan fingerprint density at radius 3 is 2.53 bits per heavy atom. The van der Waals surface area contributed by atoms with Gasteiger partial charge in [0.15, 0.2) is 5.11 Å². The molecule has 1 aromatic carbocycles. The van der Waals surface area contributed by atoms with Crippen molar-refractivity contribution in [2.45, 2.75) is 43.1 Å². The first-order chi connectivity index (χ1) is 15.4. The monoisotopic (exact) mass is 481 g/mol. The second-order valence-electron chi connectivity index (χ2n) is 8.90. The summed E-state index contributed by atoms with van der Waals surface area (Å²) in [6, 6.07) is 5.41. The van der Waals surface area contributed by atoms with Crippen LogP contribution in [0, 0.1) is 0 Å². The molecule has 4 rings (SSSR count). The van der Waals surface area contributed by atoms with Crippen molar-refractivity contribution in [1.29, 1.82) is 0 Å². The molecule has 32 heavy (non-hydrogen) atoms. The van der Waals surface area contributed by atoms with E-state index in [-0.39, 0.29) is 6.10 Å². The summed E-state index contributed by atoms with van der Waals surface area (Å²) in [6.45, 7) is 6.35. The molecule has 0 spiro atoms. The van der Waals surface area contributed by atoms with Crippen molar-refractivity contribution < 1.29 is 13.2 Å². The van der Waals surface area contributed by atoms with Crippen LogP contribution in [-0.4, -0.2) is 88.3 Å². The number of rotatable bonds is 6. The highest BCUT2D eigenvalue weighted by Gasteiger charge is 2.28. The molecule has 0 saturated carbocycles. The molecule has 178 valence electrons. The molecular weight excluding hydrogens is 446 g/mol. The van der Waals surface area contributed by atoms with Crippen LogP contribution in [0.3, 0.4) is 0 Å². The van der Waals surface area contributed by atoms with E-state index in [4.69, 9.17) is 17.0 Å². The number of nitrogens with one attached hydrogen (secondary N) is 2. The van der Waals surface area contributed by atoms with Crippen molar-refractivity contribution in [3.05, 3.63) is 18.2 Å². The van der Waals surface area contributed by atoms with Crippen molar-refractivity contribution in [2.24, 2.45) is 0 Å². The number of ether oxygens (including phenoxy) is 1. The SMILES string of the molecule is CN1CCN(c2ccc(S(=O)(=O)N3CCCCC3)cc2NC(=S)NC[C@@H]2CCCO2)CC1. The number of hydrogen-bond donors (Lipinski definition) is 2. The van der Waals surface area contributed by atoms with Gasteiger partial charge in [-0.3, -0.25) is 0 Å². The fourth-order valence-electron chi connectivity index (χ4n) is 4.53. The first-order valence-electron chi connectivity index (χ1n) is 11.7. The van der Waals surface area contributed by atoms with Crippen molar-refractivity contribution in [3.63, 3.8) is 0 Å². The first kappa shape index (κ1) is 23.7. The van der Waals surface area contributed by atoms with Gasteiger partial charge in [-0.1, -0.05) is 6.42 Å². The smallest absolute Gasteiger partial charge is 0.243 e.